The van der Waals surface area contributed by atoms with Crippen LogP contribution in [0.5, 0.6) is 0 Å². The van der Waals surface area contributed by atoms with Gasteiger partial charge in [-0.25, -0.2) is 0 Å². The van der Waals surface area contributed by atoms with Gasteiger partial charge in [0.2, 0.25) is 0 Å². The van der Waals surface area contributed by atoms with Gasteiger partial charge in [-0.1, -0.05) is 243 Å². The van der Waals surface area contributed by atoms with Crippen LogP contribution in [0.25, 0.3) is 54.6 Å². The van der Waals surface area contributed by atoms with Crippen LogP contribution in [-0.2, 0) is 10.8 Å². The van der Waals surface area contributed by atoms with Crippen LogP contribution >= 0.6 is 0 Å². The van der Waals surface area contributed by atoms with Crippen molar-refractivity contribution in [3.63, 3.8) is 0 Å². The summed E-state index contributed by atoms with van der Waals surface area (Å²) in [6.45, 7) is 0. The fraction of sp³-hybridized carbons (Fsp3) is 0.0294. The lowest BCUT2D eigenvalue weighted by Gasteiger charge is -2.35. The Bertz CT molecular complexity index is 3830. The van der Waals surface area contributed by atoms with Gasteiger partial charge in [0.15, 0.2) is 0 Å². The standard InChI is InChI=1S/C68H45N/c1-5-22-46(23-6-1)67(47-24-7-2-8-25-47)62-37-20-18-35-59(62)66-63(67)38-21-39-65(66)69(50-40-42-56-54-32-14-13-30-52(54)53-31-15-16-33-55(53)60(56)44-50)51-41-43-58-57-34-17-19-36-61(57)68(64(58)45-51,48-26-9-3-10-27-48)49-28-11-4-12-29-49/h1-45H. The third-order valence-corrected chi connectivity index (χ3v) is 15.4. The second-order valence-corrected chi connectivity index (χ2v) is 18.6. The summed E-state index contributed by atoms with van der Waals surface area (Å²) in [7, 11) is 0. The van der Waals surface area contributed by atoms with E-state index < -0.39 is 10.8 Å². The number of nitrogens with zero attached hydrogens (tertiary/aromatic N) is 1. The maximum atomic E-state index is 2.56. The van der Waals surface area contributed by atoms with Gasteiger partial charge in [-0.3, -0.25) is 0 Å². The molecule has 0 unspecified atom stereocenters. The third kappa shape index (κ3) is 5.53. The molecule has 0 bridgehead atoms. The monoisotopic (exact) mass is 875 g/mol. The highest BCUT2D eigenvalue weighted by molar-refractivity contribution is 6.26. The molecule has 0 amide bonds. The van der Waals surface area contributed by atoms with Gasteiger partial charge < -0.3 is 4.90 Å². The molecule has 0 aromatic heterocycles. The zero-order valence-corrected chi connectivity index (χ0v) is 37.9. The van der Waals surface area contributed by atoms with Crippen LogP contribution in [0.2, 0.25) is 0 Å². The number of rotatable bonds is 7. The van der Waals surface area contributed by atoms with Crippen molar-refractivity contribution >= 4 is 49.4 Å². The molecule has 12 aromatic rings. The fourth-order valence-electron chi connectivity index (χ4n) is 12.7. The molecule has 1 heteroatoms. The zero-order chi connectivity index (χ0) is 45.5. The van der Waals surface area contributed by atoms with Crippen molar-refractivity contribution in [1.82, 2.24) is 0 Å². The lowest BCUT2D eigenvalue weighted by molar-refractivity contribution is 0.768. The molecular formula is C68H45N. The molecule has 322 valence electrons. The van der Waals surface area contributed by atoms with E-state index in [1.165, 1.54) is 99.1 Å². The molecular weight excluding hydrogens is 831 g/mol. The largest absolute Gasteiger partial charge is 0.310 e. The summed E-state index contributed by atoms with van der Waals surface area (Å²) in [6, 6.07) is 102. The molecule has 0 aliphatic heterocycles. The van der Waals surface area contributed by atoms with E-state index in [4.69, 9.17) is 0 Å². The summed E-state index contributed by atoms with van der Waals surface area (Å²) in [5.74, 6) is 0. The fourth-order valence-corrected chi connectivity index (χ4v) is 12.7. The first-order valence-corrected chi connectivity index (χ1v) is 24.1. The van der Waals surface area contributed by atoms with Crippen molar-refractivity contribution in [2.24, 2.45) is 0 Å². The van der Waals surface area contributed by atoms with Crippen molar-refractivity contribution in [2.75, 3.05) is 4.90 Å². The normalized spacial score (nSPS) is 13.7. The van der Waals surface area contributed by atoms with Gasteiger partial charge in [0.05, 0.1) is 16.5 Å². The Morgan fingerprint density at radius 3 is 1.16 bits per heavy atom. The summed E-state index contributed by atoms with van der Waals surface area (Å²) >= 11 is 0. The number of benzene rings is 12. The van der Waals surface area contributed by atoms with E-state index in [9.17, 15) is 0 Å². The second kappa shape index (κ2) is 15.4. The van der Waals surface area contributed by atoms with E-state index >= 15 is 0 Å². The summed E-state index contributed by atoms with van der Waals surface area (Å²) in [6.07, 6.45) is 0. The van der Waals surface area contributed by atoms with Gasteiger partial charge in [-0.2, -0.15) is 0 Å². The Morgan fingerprint density at radius 1 is 0.232 bits per heavy atom. The van der Waals surface area contributed by atoms with Crippen LogP contribution in [0.4, 0.5) is 17.1 Å². The Balaban J connectivity index is 1.11. The topological polar surface area (TPSA) is 3.24 Å². The molecule has 69 heavy (non-hydrogen) atoms. The van der Waals surface area contributed by atoms with Crippen molar-refractivity contribution in [3.05, 3.63) is 317 Å². The minimum atomic E-state index is -0.560. The minimum Gasteiger partial charge on any atom is -0.310 e. The molecule has 1 nitrogen and oxygen atoms in total. The maximum Gasteiger partial charge on any atom is 0.0714 e. The first-order valence-electron chi connectivity index (χ1n) is 24.1. The molecule has 0 saturated carbocycles. The average Bonchev–Trinajstić information content (AvgIpc) is 3.91. The van der Waals surface area contributed by atoms with Gasteiger partial charge in [-0.15, -0.1) is 0 Å². The molecule has 0 N–H and O–H groups in total. The van der Waals surface area contributed by atoms with E-state index in [1.54, 1.807) is 0 Å². The van der Waals surface area contributed by atoms with Crippen LogP contribution in [-0.4, -0.2) is 0 Å². The third-order valence-electron chi connectivity index (χ3n) is 15.4. The molecule has 0 heterocycles. The molecule has 0 spiro atoms. The summed E-state index contributed by atoms with van der Waals surface area (Å²) in [5.41, 5.74) is 17.4. The van der Waals surface area contributed by atoms with E-state index in [0.717, 1.165) is 17.1 Å². The van der Waals surface area contributed by atoms with Crippen molar-refractivity contribution < 1.29 is 0 Å². The van der Waals surface area contributed by atoms with Crippen LogP contribution in [0.15, 0.2) is 273 Å². The quantitative estimate of drug-likeness (QED) is 0.144. The van der Waals surface area contributed by atoms with Gasteiger partial charge in [-0.05, 0) is 124 Å². The highest BCUT2D eigenvalue weighted by Gasteiger charge is 2.49. The van der Waals surface area contributed by atoms with Crippen molar-refractivity contribution in [3.8, 4) is 22.3 Å². The van der Waals surface area contributed by atoms with Crippen LogP contribution in [0.3, 0.4) is 0 Å². The minimum absolute atomic E-state index is 0.552. The van der Waals surface area contributed by atoms with Gasteiger partial charge in [0.25, 0.3) is 0 Å². The molecule has 2 aliphatic rings. The smallest absolute Gasteiger partial charge is 0.0714 e. The van der Waals surface area contributed by atoms with E-state index in [0.29, 0.717) is 0 Å². The molecule has 0 saturated heterocycles. The molecule has 0 fully saturated rings. The van der Waals surface area contributed by atoms with E-state index in [1.807, 2.05) is 0 Å². The summed E-state index contributed by atoms with van der Waals surface area (Å²) < 4.78 is 0. The lowest BCUT2D eigenvalue weighted by atomic mass is 9.67. The predicted molar refractivity (Wildman–Crippen MR) is 288 cm³/mol. The number of fused-ring (bicyclic) bond motifs is 12. The Hall–Kier alpha value is -8.78. The summed E-state index contributed by atoms with van der Waals surface area (Å²) in [4.78, 5) is 2.56. The Labute approximate surface area is 402 Å². The van der Waals surface area contributed by atoms with Crippen LogP contribution < -0.4 is 4.90 Å². The Kier molecular flexibility index (Phi) is 8.78. The molecule has 14 rings (SSSR count). The molecule has 0 atom stereocenters. The van der Waals surface area contributed by atoms with Crippen LogP contribution in [0.1, 0.15) is 44.5 Å². The van der Waals surface area contributed by atoms with Crippen LogP contribution in [0, 0.1) is 0 Å². The average molecular weight is 876 g/mol. The first-order chi connectivity index (χ1) is 34.3. The van der Waals surface area contributed by atoms with Crippen molar-refractivity contribution in [2.45, 2.75) is 10.8 Å². The molecule has 0 radical (unpaired) electrons. The maximum absolute atomic E-state index is 2.56. The number of anilines is 3. The lowest BCUT2D eigenvalue weighted by Crippen LogP contribution is -2.29. The SMILES string of the molecule is c1ccc(C2(c3ccccc3)c3ccccc3-c3ccc(N(c4ccc5c6ccccc6c6ccccc6c5c4)c4cccc5c4-c4ccccc4C5(c4ccccc4)c4ccccc4)cc32)cc1. The van der Waals surface area contributed by atoms with Crippen molar-refractivity contribution in [1.29, 1.82) is 0 Å². The van der Waals surface area contributed by atoms with Gasteiger partial charge in [0.1, 0.15) is 0 Å². The van der Waals surface area contributed by atoms with Gasteiger partial charge in [0, 0.05) is 16.9 Å². The Morgan fingerprint density at radius 2 is 0.609 bits per heavy atom. The first kappa shape index (κ1) is 39.4. The van der Waals surface area contributed by atoms with E-state index in [2.05, 4.69) is 278 Å². The number of hydrogen-bond donors (Lipinski definition) is 0. The molecule has 2 aliphatic carbocycles. The highest BCUT2D eigenvalue weighted by atomic mass is 15.1. The predicted octanol–water partition coefficient (Wildman–Crippen LogP) is 17.3. The second-order valence-electron chi connectivity index (χ2n) is 18.6. The molecule has 12 aromatic carbocycles. The number of hydrogen-bond acceptors (Lipinski definition) is 1. The van der Waals surface area contributed by atoms with E-state index in [-0.39, 0.29) is 0 Å². The van der Waals surface area contributed by atoms with Gasteiger partial charge >= 0.3 is 0 Å². The highest BCUT2D eigenvalue weighted by Crippen LogP contribution is 2.61. The zero-order valence-electron chi connectivity index (χ0n) is 37.9. The summed E-state index contributed by atoms with van der Waals surface area (Å²) in [5, 5.41) is 7.54.